The van der Waals surface area contributed by atoms with Crippen molar-refractivity contribution in [2.75, 3.05) is 11.9 Å². The maximum Gasteiger partial charge on any atom is 0.240 e. The molecule has 3 aromatic heterocycles. The van der Waals surface area contributed by atoms with E-state index in [1.54, 1.807) is 6.20 Å². The highest BCUT2D eigenvalue weighted by Gasteiger charge is 2.18. The van der Waals surface area contributed by atoms with Crippen LogP contribution in [0.25, 0.3) is 21.9 Å². The van der Waals surface area contributed by atoms with Gasteiger partial charge in [0, 0.05) is 18.9 Å². The minimum atomic E-state index is 0.670. The number of ether oxygens (including phenoxy) is 1. The third-order valence-corrected chi connectivity index (χ3v) is 5.33. The van der Waals surface area contributed by atoms with Crippen molar-refractivity contribution in [2.24, 2.45) is 13.0 Å². The lowest BCUT2D eigenvalue weighted by Gasteiger charge is -2.09. The predicted octanol–water partition coefficient (Wildman–Crippen LogP) is 4.16. The molecule has 5 rings (SSSR count). The van der Waals surface area contributed by atoms with Gasteiger partial charge in [-0.1, -0.05) is 12.8 Å². The first-order valence-corrected chi connectivity index (χ1v) is 9.43. The van der Waals surface area contributed by atoms with E-state index in [-0.39, 0.29) is 0 Å². The van der Waals surface area contributed by atoms with E-state index in [0.29, 0.717) is 11.7 Å². The second-order valence-corrected chi connectivity index (χ2v) is 7.22. The fourth-order valence-electron chi connectivity index (χ4n) is 3.86. The summed E-state index contributed by atoms with van der Waals surface area (Å²) in [6.45, 7) is 0.761. The molecule has 7 nitrogen and oxygen atoms in total. The Morgan fingerprint density at radius 2 is 2.15 bits per heavy atom. The number of rotatable bonds is 5. The van der Waals surface area contributed by atoms with Crippen LogP contribution in [0.2, 0.25) is 0 Å². The number of hydrogen-bond acceptors (Lipinski definition) is 5. The van der Waals surface area contributed by atoms with Gasteiger partial charge in [-0.05, 0) is 49.1 Å². The molecule has 0 saturated heterocycles. The molecule has 1 aromatic carbocycles. The molecule has 0 spiro atoms. The summed E-state index contributed by atoms with van der Waals surface area (Å²) in [7, 11) is 1.94. The second-order valence-electron chi connectivity index (χ2n) is 7.22. The summed E-state index contributed by atoms with van der Waals surface area (Å²) in [5.74, 6) is 2.10. The average Bonchev–Trinajstić information content (AvgIpc) is 3.41. The highest BCUT2D eigenvalue weighted by atomic mass is 16.5. The lowest BCUT2D eigenvalue weighted by atomic mass is 10.1. The molecule has 1 aliphatic rings. The minimum Gasteiger partial charge on any atom is -0.476 e. The van der Waals surface area contributed by atoms with Gasteiger partial charge >= 0.3 is 0 Å². The molecule has 7 heteroatoms. The van der Waals surface area contributed by atoms with Crippen LogP contribution in [0.15, 0.2) is 36.5 Å². The van der Waals surface area contributed by atoms with Gasteiger partial charge in [0.05, 0.1) is 23.0 Å². The summed E-state index contributed by atoms with van der Waals surface area (Å²) in [5.41, 5.74) is 3.69. The fraction of sp³-hybridized carbons (Fsp3) is 0.350. The fourth-order valence-corrected chi connectivity index (χ4v) is 3.86. The van der Waals surface area contributed by atoms with Gasteiger partial charge in [-0.15, -0.1) is 5.10 Å². The Bertz CT molecular complexity index is 1090. The van der Waals surface area contributed by atoms with E-state index in [1.807, 2.05) is 29.9 Å². The van der Waals surface area contributed by atoms with Crippen molar-refractivity contribution in [1.29, 1.82) is 0 Å². The molecule has 0 aliphatic heterocycles. The average molecular weight is 362 g/mol. The maximum absolute atomic E-state index is 6.05. The van der Waals surface area contributed by atoms with Crippen molar-refractivity contribution in [3.05, 3.63) is 36.5 Å². The van der Waals surface area contributed by atoms with Gasteiger partial charge in [-0.25, -0.2) is 0 Å². The normalized spacial score (nSPS) is 15.0. The van der Waals surface area contributed by atoms with Crippen molar-refractivity contribution in [3.63, 3.8) is 0 Å². The SMILES string of the molecule is Cn1nc(OCC2CCCC2)c2ccc(Nc3n[nH]c4cccnc34)cc21. The van der Waals surface area contributed by atoms with Gasteiger partial charge in [0.2, 0.25) is 5.88 Å². The highest BCUT2D eigenvalue weighted by molar-refractivity contribution is 5.91. The van der Waals surface area contributed by atoms with Crippen LogP contribution >= 0.6 is 0 Å². The number of anilines is 2. The van der Waals surface area contributed by atoms with E-state index in [9.17, 15) is 0 Å². The summed E-state index contributed by atoms with van der Waals surface area (Å²) in [6.07, 6.45) is 6.95. The van der Waals surface area contributed by atoms with Crippen molar-refractivity contribution in [2.45, 2.75) is 25.7 Å². The van der Waals surface area contributed by atoms with Gasteiger partial charge in [0.25, 0.3) is 0 Å². The lowest BCUT2D eigenvalue weighted by Crippen LogP contribution is -2.08. The van der Waals surface area contributed by atoms with E-state index in [4.69, 9.17) is 4.74 Å². The third-order valence-electron chi connectivity index (χ3n) is 5.33. The van der Waals surface area contributed by atoms with E-state index in [1.165, 1.54) is 25.7 Å². The van der Waals surface area contributed by atoms with E-state index in [0.717, 1.165) is 40.1 Å². The molecule has 4 aromatic rings. The molecule has 2 N–H and O–H groups in total. The van der Waals surface area contributed by atoms with Crippen LogP contribution in [0.3, 0.4) is 0 Å². The van der Waals surface area contributed by atoms with Gasteiger partial charge in [0.15, 0.2) is 5.82 Å². The van der Waals surface area contributed by atoms with Crippen molar-refractivity contribution < 1.29 is 4.74 Å². The smallest absolute Gasteiger partial charge is 0.240 e. The third kappa shape index (κ3) is 2.99. The van der Waals surface area contributed by atoms with Gasteiger partial charge in [0.1, 0.15) is 5.52 Å². The first-order valence-electron chi connectivity index (χ1n) is 9.43. The van der Waals surface area contributed by atoms with Gasteiger partial charge in [-0.2, -0.15) is 5.10 Å². The Hall–Kier alpha value is -3.09. The number of fused-ring (bicyclic) bond motifs is 2. The largest absolute Gasteiger partial charge is 0.476 e. The summed E-state index contributed by atoms with van der Waals surface area (Å²) in [5, 5.41) is 16.3. The molecule has 0 atom stereocenters. The maximum atomic E-state index is 6.05. The van der Waals surface area contributed by atoms with E-state index in [2.05, 4.69) is 37.7 Å². The molecule has 0 amide bonds. The van der Waals surface area contributed by atoms with Crippen LogP contribution < -0.4 is 10.1 Å². The summed E-state index contributed by atoms with van der Waals surface area (Å²) in [4.78, 5) is 4.39. The molecule has 138 valence electrons. The minimum absolute atomic E-state index is 0.670. The molecule has 1 fully saturated rings. The lowest BCUT2D eigenvalue weighted by molar-refractivity contribution is 0.244. The first kappa shape index (κ1) is 16.1. The molecular formula is C20H22N6O. The molecule has 0 bridgehead atoms. The van der Waals surface area contributed by atoms with Crippen molar-refractivity contribution >= 4 is 33.4 Å². The van der Waals surface area contributed by atoms with Gasteiger partial charge < -0.3 is 10.1 Å². The number of aryl methyl sites for hydroxylation is 1. The topological polar surface area (TPSA) is 80.6 Å². The number of H-pyrrole nitrogens is 1. The Morgan fingerprint density at radius 1 is 1.26 bits per heavy atom. The number of aromatic amines is 1. The van der Waals surface area contributed by atoms with Gasteiger partial charge in [-0.3, -0.25) is 14.8 Å². The number of aromatic nitrogens is 5. The standard InChI is InChI=1S/C20H22N6O/c1-26-17-11-14(22-19-18-16(23-24-19)7-4-10-21-18)8-9-15(17)20(25-26)27-12-13-5-2-3-6-13/h4,7-11,13H,2-3,5-6,12H2,1H3,(H2,22,23,24). The molecule has 27 heavy (non-hydrogen) atoms. The summed E-state index contributed by atoms with van der Waals surface area (Å²) in [6, 6.07) is 9.99. The zero-order valence-electron chi connectivity index (χ0n) is 15.3. The Labute approximate surface area is 156 Å². The molecule has 0 radical (unpaired) electrons. The van der Waals surface area contributed by atoms with Crippen molar-refractivity contribution in [1.82, 2.24) is 25.0 Å². The zero-order valence-corrected chi connectivity index (χ0v) is 15.3. The number of pyridine rings is 1. The number of nitrogens with zero attached hydrogens (tertiary/aromatic N) is 4. The number of hydrogen-bond donors (Lipinski definition) is 2. The number of benzene rings is 1. The number of nitrogens with one attached hydrogen (secondary N) is 2. The predicted molar refractivity (Wildman–Crippen MR) is 105 cm³/mol. The molecule has 1 saturated carbocycles. The second kappa shape index (κ2) is 6.57. The first-order chi connectivity index (χ1) is 13.3. The molecule has 1 aliphatic carbocycles. The van der Waals surface area contributed by atoms with Crippen LogP contribution in [0, 0.1) is 5.92 Å². The molecular weight excluding hydrogens is 340 g/mol. The zero-order chi connectivity index (χ0) is 18.2. The monoisotopic (exact) mass is 362 g/mol. The van der Waals surface area contributed by atoms with Crippen LogP contribution in [-0.2, 0) is 7.05 Å². The Balaban J connectivity index is 1.41. The van der Waals surface area contributed by atoms with E-state index >= 15 is 0 Å². The van der Waals surface area contributed by atoms with Crippen LogP contribution in [0.5, 0.6) is 5.88 Å². The summed E-state index contributed by atoms with van der Waals surface area (Å²) < 4.78 is 7.91. The van der Waals surface area contributed by atoms with Crippen LogP contribution in [-0.4, -0.2) is 31.6 Å². The van der Waals surface area contributed by atoms with E-state index < -0.39 is 0 Å². The van der Waals surface area contributed by atoms with Crippen LogP contribution in [0.4, 0.5) is 11.5 Å². The quantitative estimate of drug-likeness (QED) is 0.557. The van der Waals surface area contributed by atoms with Crippen LogP contribution in [0.1, 0.15) is 25.7 Å². The molecule has 3 heterocycles. The summed E-state index contributed by atoms with van der Waals surface area (Å²) >= 11 is 0. The Kier molecular flexibility index (Phi) is 3.92. The van der Waals surface area contributed by atoms with Crippen molar-refractivity contribution in [3.8, 4) is 5.88 Å². The highest BCUT2D eigenvalue weighted by Crippen LogP contribution is 2.31. The molecule has 0 unspecified atom stereocenters. The Morgan fingerprint density at radius 3 is 3.04 bits per heavy atom.